The number of methoxy groups -OCH3 is 3. The van der Waals surface area contributed by atoms with Gasteiger partial charge in [0.2, 0.25) is 5.95 Å². The zero-order valence-corrected chi connectivity index (χ0v) is 12.2. The van der Waals surface area contributed by atoms with E-state index in [1.165, 1.54) is 14.2 Å². The quantitative estimate of drug-likeness (QED) is 0.586. The highest BCUT2D eigenvalue weighted by atomic mass is 16.6. The molecule has 0 unspecified atom stereocenters. The first-order valence-electron chi connectivity index (χ1n) is 6.52. The van der Waals surface area contributed by atoms with E-state index in [0.717, 1.165) is 12.8 Å². The molecular weight excluding hydrogens is 280 g/mol. The molecule has 0 spiro atoms. The molecule has 0 bridgehead atoms. The van der Waals surface area contributed by atoms with E-state index in [-0.39, 0.29) is 23.6 Å². The number of hydrogen-bond acceptors (Lipinski definition) is 8. The summed E-state index contributed by atoms with van der Waals surface area (Å²) in [5.41, 5.74) is -0.365. The van der Waals surface area contributed by atoms with Crippen LogP contribution < -0.4 is 14.4 Å². The van der Waals surface area contributed by atoms with Crippen molar-refractivity contribution in [2.24, 2.45) is 0 Å². The van der Waals surface area contributed by atoms with Crippen LogP contribution in [0.5, 0.6) is 11.8 Å². The maximum absolute atomic E-state index is 11.1. The van der Waals surface area contributed by atoms with Gasteiger partial charge in [0.25, 0.3) is 0 Å². The van der Waals surface area contributed by atoms with Gasteiger partial charge in [-0.05, 0) is 12.8 Å². The Morgan fingerprint density at radius 3 is 2.05 bits per heavy atom. The Kier molecular flexibility index (Phi) is 4.73. The van der Waals surface area contributed by atoms with E-state index < -0.39 is 4.92 Å². The Hall–Kier alpha value is -2.16. The molecule has 2 heterocycles. The lowest BCUT2D eigenvalue weighted by atomic mass is 10.1. The smallest absolute Gasteiger partial charge is 0.392 e. The van der Waals surface area contributed by atoms with Gasteiger partial charge in [-0.3, -0.25) is 10.1 Å². The van der Waals surface area contributed by atoms with E-state index in [9.17, 15) is 10.1 Å². The fourth-order valence-electron chi connectivity index (χ4n) is 2.28. The largest absolute Gasteiger partial charge is 0.476 e. The molecule has 21 heavy (non-hydrogen) atoms. The van der Waals surface area contributed by atoms with Gasteiger partial charge in [0.05, 0.1) is 25.2 Å². The van der Waals surface area contributed by atoms with Crippen molar-refractivity contribution in [2.45, 2.75) is 18.9 Å². The number of hydrogen-bond donors (Lipinski definition) is 0. The van der Waals surface area contributed by atoms with Gasteiger partial charge in [-0.15, -0.1) is 0 Å². The highest BCUT2D eigenvalue weighted by Gasteiger charge is 2.29. The fourth-order valence-corrected chi connectivity index (χ4v) is 2.28. The Morgan fingerprint density at radius 1 is 1.14 bits per heavy atom. The van der Waals surface area contributed by atoms with Crippen LogP contribution in [-0.4, -0.2) is 55.4 Å². The van der Waals surface area contributed by atoms with Crippen molar-refractivity contribution in [2.75, 3.05) is 39.3 Å². The average molecular weight is 298 g/mol. The Morgan fingerprint density at radius 2 is 1.67 bits per heavy atom. The standard InChI is InChI=1S/C12H18N4O5/c1-19-8-4-6-15(7-5-8)12-13-10(20-2)9(16(17)18)11(14-12)21-3/h8H,4-7H2,1-3H3. The fraction of sp³-hybridized carbons (Fsp3) is 0.667. The minimum atomic E-state index is -0.612. The second-order valence-corrected chi connectivity index (χ2v) is 4.57. The van der Waals surface area contributed by atoms with Crippen LogP contribution in [0.1, 0.15) is 12.8 Å². The highest BCUT2D eigenvalue weighted by Crippen LogP contribution is 2.35. The van der Waals surface area contributed by atoms with Crippen molar-refractivity contribution in [3.05, 3.63) is 10.1 Å². The number of rotatable bonds is 5. The van der Waals surface area contributed by atoms with Crippen LogP contribution in [0, 0.1) is 10.1 Å². The number of ether oxygens (including phenoxy) is 3. The van der Waals surface area contributed by atoms with Crippen LogP contribution in [0.25, 0.3) is 0 Å². The molecule has 1 aromatic heterocycles. The van der Waals surface area contributed by atoms with Gasteiger partial charge in [0, 0.05) is 20.2 Å². The SMILES string of the molecule is COc1nc(N2CCC(OC)CC2)nc(OC)c1[N+](=O)[O-]. The summed E-state index contributed by atoms with van der Waals surface area (Å²) in [6, 6.07) is 0. The molecule has 0 aliphatic carbocycles. The normalized spacial score (nSPS) is 15.9. The topological polar surface area (TPSA) is 99.9 Å². The molecule has 0 saturated carbocycles. The molecule has 0 radical (unpaired) electrons. The van der Waals surface area contributed by atoms with E-state index in [1.807, 2.05) is 4.90 Å². The lowest BCUT2D eigenvalue weighted by molar-refractivity contribution is -0.387. The van der Waals surface area contributed by atoms with Crippen LogP contribution in [0.3, 0.4) is 0 Å². The minimum Gasteiger partial charge on any atom is -0.476 e. The van der Waals surface area contributed by atoms with Crippen LogP contribution in [0.2, 0.25) is 0 Å². The van der Waals surface area contributed by atoms with E-state index >= 15 is 0 Å². The van der Waals surface area contributed by atoms with Gasteiger partial charge >= 0.3 is 17.4 Å². The third kappa shape index (κ3) is 3.13. The zero-order valence-electron chi connectivity index (χ0n) is 12.2. The maximum atomic E-state index is 11.1. The van der Waals surface area contributed by atoms with Crippen molar-refractivity contribution in [1.82, 2.24) is 9.97 Å². The highest BCUT2D eigenvalue weighted by molar-refractivity contribution is 5.54. The predicted octanol–water partition coefficient (Wildman–Crippen LogP) is 1.02. The van der Waals surface area contributed by atoms with Crippen molar-refractivity contribution in [3.8, 4) is 11.8 Å². The molecule has 0 amide bonds. The summed E-state index contributed by atoms with van der Waals surface area (Å²) in [6.07, 6.45) is 1.92. The lowest BCUT2D eigenvalue weighted by Gasteiger charge is -2.31. The Balaban J connectivity index is 2.31. The van der Waals surface area contributed by atoms with Crippen LogP contribution in [-0.2, 0) is 4.74 Å². The molecule has 1 aliphatic rings. The average Bonchev–Trinajstić information content (AvgIpc) is 2.53. The van der Waals surface area contributed by atoms with Crippen LogP contribution in [0.15, 0.2) is 0 Å². The Labute approximate surface area is 122 Å². The summed E-state index contributed by atoms with van der Waals surface area (Å²) in [7, 11) is 4.35. The number of nitro groups is 1. The van der Waals surface area contributed by atoms with E-state index in [2.05, 4.69) is 9.97 Å². The molecule has 0 aromatic carbocycles. The molecular formula is C12H18N4O5. The molecule has 0 atom stereocenters. The molecule has 2 rings (SSSR count). The van der Waals surface area contributed by atoms with Crippen molar-refractivity contribution in [3.63, 3.8) is 0 Å². The summed E-state index contributed by atoms with van der Waals surface area (Å²) < 4.78 is 15.3. The zero-order chi connectivity index (χ0) is 15.4. The lowest BCUT2D eigenvalue weighted by Crippen LogP contribution is -2.37. The van der Waals surface area contributed by atoms with Crippen LogP contribution >= 0.6 is 0 Å². The van der Waals surface area contributed by atoms with Gasteiger partial charge in [-0.25, -0.2) is 0 Å². The van der Waals surface area contributed by atoms with Gasteiger partial charge in [-0.2, -0.15) is 9.97 Å². The molecule has 0 N–H and O–H groups in total. The van der Waals surface area contributed by atoms with Gasteiger partial charge in [0.1, 0.15) is 0 Å². The number of nitrogens with zero attached hydrogens (tertiary/aromatic N) is 4. The third-order valence-corrected chi connectivity index (χ3v) is 3.44. The van der Waals surface area contributed by atoms with E-state index in [0.29, 0.717) is 19.0 Å². The van der Waals surface area contributed by atoms with E-state index in [4.69, 9.17) is 14.2 Å². The molecule has 116 valence electrons. The summed E-state index contributed by atoms with van der Waals surface area (Å²) in [4.78, 5) is 20.6. The summed E-state index contributed by atoms with van der Waals surface area (Å²) in [5, 5.41) is 11.1. The molecule has 1 aromatic rings. The maximum Gasteiger partial charge on any atom is 0.392 e. The monoisotopic (exact) mass is 298 g/mol. The molecule has 1 saturated heterocycles. The number of aromatic nitrogens is 2. The molecule has 1 aliphatic heterocycles. The number of piperidine rings is 1. The second-order valence-electron chi connectivity index (χ2n) is 4.57. The van der Waals surface area contributed by atoms with Crippen molar-refractivity contribution >= 4 is 11.6 Å². The third-order valence-electron chi connectivity index (χ3n) is 3.44. The first kappa shape index (κ1) is 15.2. The van der Waals surface area contributed by atoms with Gasteiger partial charge in [-0.1, -0.05) is 0 Å². The number of anilines is 1. The minimum absolute atomic E-state index is 0.101. The van der Waals surface area contributed by atoms with Gasteiger partial charge in [0.15, 0.2) is 0 Å². The summed E-state index contributed by atoms with van der Waals surface area (Å²) >= 11 is 0. The first-order valence-corrected chi connectivity index (χ1v) is 6.52. The molecule has 9 nitrogen and oxygen atoms in total. The predicted molar refractivity (Wildman–Crippen MR) is 74.0 cm³/mol. The van der Waals surface area contributed by atoms with E-state index in [1.54, 1.807) is 7.11 Å². The van der Waals surface area contributed by atoms with Crippen molar-refractivity contribution in [1.29, 1.82) is 0 Å². The molecule has 1 fully saturated rings. The summed E-state index contributed by atoms with van der Waals surface area (Å²) in [6.45, 7) is 1.42. The van der Waals surface area contributed by atoms with Crippen LogP contribution in [0.4, 0.5) is 11.6 Å². The summed E-state index contributed by atoms with van der Waals surface area (Å²) in [5.74, 6) is 0.162. The first-order chi connectivity index (χ1) is 10.1. The van der Waals surface area contributed by atoms with Crippen molar-refractivity contribution < 1.29 is 19.1 Å². The Bertz CT molecular complexity index is 491. The second kappa shape index (κ2) is 6.53. The molecule has 9 heteroatoms. The van der Waals surface area contributed by atoms with Gasteiger partial charge < -0.3 is 19.1 Å².